The summed E-state index contributed by atoms with van der Waals surface area (Å²) in [4.78, 5) is 0. The molecule has 43 valence electrons. The van der Waals surface area contributed by atoms with E-state index in [9.17, 15) is 0 Å². The van der Waals surface area contributed by atoms with E-state index in [0.717, 1.165) is 0 Å². The zero-order chi connectivity index (χ0) is 4.50. The monoisotopic (exact) mass is 163 g/mol. The first-order valence-electron chi connectivity index (χ1n) is 0.647. The molecule has 0 aromatic heterocycles. The molecule has 0 saturated heterocycles. The first-order valence-corrected chi connectivity index (χ1v) is 2.67. The third-order valence-electron chi connectivity index (χ3n) is 0. The first kappa shape index (κ1) is 15.7. The van der Waals surface area contributed by atoms with Gasteiger partial charge in [0.25, 0.3) is 0 Å². The zero-order valence-corrected chi connectivity index (χ0v) is 4.77. The molecule has 0 saturated carbocycles. The number of rotatable bonds is 0. The molecule has 0 spiro atoms. The van der Waals surface area contributed by atoms with Crippen molar-refractivity contribution in [2.24, 2.45) is 0 Å². The molecule has 0 aliphatic carbocycles. The topological polar surface area (TPSA) is 74.6 Å². The summed E-state index contributed by atoms with van der Waals surface area (Å²) in [6.45, 7) is 0. The number of hydrogen-bond donors (Lipinski definition) is 2. The fraction of sp³-hybridized carbons (Fsp3) is 0. The average molecular weight is 163 g/mol. The summed E-state index contributed by atoms with van der Waals surface area (Å²) in [5.74, 6) is 0. The van der Waals surface area contributed by atoms with E-state index in [0.29, 0.717) is 0 Å². The van der Waals surface area contributed by atoms with E-state index in [1.165, 1.54) is 0 Å². The van der Waals surface area contributed by atoms with Gasteiger partial charge in [0, 0.05) is 0 Å². The van der Waals surface area contributed by atoms with Gasteiger partial charge in [0.1, 0.15) is 0 Å². The Balaban J connectivity index is -0.0000000800. The molecule has 0 aromatic carbocycles. The summed E-state index contributed by atoms with van der Waals surface area (Å²) < 4.78 is 31.8. The van der Waals surface area contributed by atoms with Gasteiger partial charge in [-0.1, -0.05) is 0 Å². The molecule has 0 aliphatic heterocycles. The van der Waals surface area contributed by atoms with Crippen LogP contribution in [0.5, 0.6) is 0 Å². The van der Waals surface area contributed by atoms with Crippen LogP contribution in [0.1, 0.15) is 0 Å². The van der Waals surface area contributed by atoms with Gasteiger partial charge >= 0.3 is 48.3 Å². The second kappa shape index (κ2) is 5.13. The summed E-state index contributed by atoms with van der Waals surface area (Å²) >= 11 is -5.12. The van der Waals surface area contributed by atoms with E-state index in [2.05, 4.69) is 0 Å². The van der Waals surface area contributed by atoms with E-state index in [1.54, 1.807) is 0 Å². The van der Waals surface area contributed by atoms with Crippen molar-refractivity contribution in [2.75, 3.05) is 0 Å². The van der Waals surface area contributed by atoms with Crippen LogP contribution in [-0.2, 0) is 21.0 Å². The standard InChI is InChI=1S/Li.Mn.2H2O.2O.H2S.H/h;;2*1H2;;;1H2;/q;+2;;;;;;/p-2. The van der Waals surface area contributed by atoms with Crippen molar-refractivity contribution in [3.05, 3.63) is 0 Å². The van der Waals surface area contributed by atoms with E-state index in [-0.39, 0.29) is 32.4 Å². The van der Waals surface area contributed by atoms with Crippen LogP contribution in [0.2, 0.25) is 0 Å². The molecule has 0 aromatic rings. The Morgan fingerprint density at radius 3 is 1.14 bits per heavy atom. The normalized spacial score (nSPS) is 8.29. The quantitative estimate of drug-likeness (QED) is 0.409. The van der Waals surface area contributed by atoms with E-state index in [1.807, 2.05) is 0 Å². The molecule has 7 heteroatoms. The van der Waals surface area contributed by atoms with Crippen molar-refractivity contribution in [1.82, 2.24) is 0 Å². The minimum absolute atomic E-state index is 0. The summed E-state index contributed by atoms with van der Waals surface area (Å²) in [7, 11) is 0. The molecule has 0 unspecified atom stereocenters. The van der Waals surface area contributed by atoms with Gasteiger partial charge in [-0.15, -0.1) is 0 Å². The zero-order valence-electron chi connectivity index (χ0n) is 2.59. The van der Waals surface area contributed by atoms with E-state index >= 15 is 0 Å². The summed E-state index contributed by atoms with van der Waals surface area (Å²) in [6.07, 6.45) is 0. The van der Waals surface area contributed by atoms with E-state index in [4.69, 9.17) is 16.0 Å². The van der Waals surface area contributed by atoms with Crippen molar-refractivity contribution in [3.8, 4) is 0 Å². The van der Waals surface area contributed by atoms with Crippen LogP contribution in [0.15, 0.2) is 0 Å². The van der Waals surface area contributed by atoms with Crippen LogP contribution in [0.4, 0.5) is 0 Å². The Bertz CT molecular complexity index is 94.9. The fourth-order valence-electron chi connectivity index (χ4n) is 0. The molecule has 7 heavy (non-hydrogen) atoms. The van der Waals surface area contributed by atoms with Crippen molar-refractivity contribution in [1.29, 1.82) is 0 Å². The molecular weight excluding hydrogens is 158 g/mol. The Kier molecular flexibility index (Phi) is 11.5. The van der Waals surface area contributed by atoms with Gasteiger partial charge in [0.2, 0.25) is 0 Å². The predicted molar refractivity (Wildman–Crippen MR) is 23.3 cm³/mol. The maximum atomic E-state index is 8.80. The van der Waals surface area contributed by atoms with Crippen LogP contribution in [-0.4, -0.2) is 27.2 Å². The third-order valence-corrected chi connectivity index (χ3v) is 0. The summed E-state index contributed by atoms with van der Waals surface area (Å²) in [5, 5.41) is 0. The van der Waals surface area contributed by atoms with Gasteiger partial charge in [-0.05, 0) is 0 Å². The van der Waals surface area contributed by atoms with Gasteiger partial charge in [0.05, 0.1) is 0 Å². The second-order valence-electron chi connectivity index (χ2n) is 0.415. The van der Waals surface area contributed by atoms with Crippen LogP contribution >= 0.6 is 13.5 Å². The number of hydrogen-bond acceptors (Lipinski definition) is 2. The Hall–Kier alpha value is 0.987. The molecular formula is H5LiMnO4S. The Morgan fingerprint density at radius 2 is 1.14 bits per heavy atom. The van der Waals surface area contributed by atoms with Gasteiger partial charge in [-0.25, -0.2) is 0 Å². The van der Waals surface area contributed by atoms with Gasteiger partial charge < -0.3 is 0 Å². The molecule has 0 aliphatic rings. The third kappa shape index (κ3) is 178. The van der Waals surface area contributed by atoms with E-state index < -0.39 is 13.4 Å². The summed E-state index contributed by atoms with van der Waals surface area (Å²) in [5.41, 5.74) is 0. The molecule has 0 radical (unpaired) electrons. The average Bonchev–Trinajstić information content (AvgIpc) is 0.722. The molecule has 0 amide bonds. The molecule has 0 heterocycles. The predicted octanol–water partition coefficient (Wildman–Crippen LogP) is -1.89. The van der Waals surface area contributed by atoms with Crippen molar-refractivity contribution in [2.45, 2.75) is 0 Å². The fourth-order valence-corrected chi connectivity index (χ4v) is 0. The summed E-state index contributed by atoms with van der Waals surface area (Å²) in [6, 6.07) is 0. The molecule has 2 N–H and O–H groups in total. The van der Waals surface area contributed by atoms with Crippen molar-refractivity contribution >= 4 is 32.4 Å². The second-order valence-corrected chi connectivity index (χ2v) is 1.71. The maximum absolute atomic E-state index is 8.80. The minimum atomic E-state index is -5.12. The molecule has 4 nitrogen and oxygen atoms in total. The van der Waals surface area contributed by atoms with Crippen molar-refractivity contribution < 1.29 is 29.4 Å². The molecule has 0 fully saturated rings. The van der Waals surface area contributed by atoms with Gasteiger partial charge in [0.15, 0.2) is 0 Å². The Morgan fingerprint density at radius 1 is 1.14 bits per heavy atom. The molecule has 0 atom stereocenters. The van der Waals surface area contributed by atoms with Gasteiger partial charge in [-0.2, -0.15) is 13.5 Å². The Labute approximate surface area is 61.8 Å². The first-order chi connectivity index (χ1) is 2.00. The molecule has 0 bridgehead atoms. The SMILES string of the molecule is S.[LiH].[O]=[Mn](=[O])([OH])[OH]. The van der Waals surface area contributed by atoms with Gasteiger partial charge in [-0.3, -0.25) is 0 Å². The molecule has 0 rings (SSSR count). The van der Waals surface area contributed by atoms with Crippen LogP contribution in [0.25, 0.3) is 0 Å². The van der Waals surface area contributed by atoms with Crippen molar-refractivity contribution in [3.63, 3.8) is 0 Å². The van der Waals surface area contributed by atoms with Crippen LogP contribution < -0.4 is 0 Å². The van der Waals surface area contributed by atoms with Crippen LogP contribution in [0, 0.1) is 0 Å². The van der Waals surface area contributed by atoms with Crippen LogP contribution in [0.3, 0.4) is 0 Å².